The first-order chi connectivity index (χ1) is 7.79. The lowest BCUT2D eigenvalue weighted by Gasteiger charge is -2.05. The van der Waals surface area contributed by atoms with E-state index < -0.39 is 0 Å². The Bertz CT molecular complexity index is 497. The third-order valence-electron chi connectivity index (χ3n) is 2.14. The van der Waals surface area contributed by atoms with Crippen molar-refractivity contribution in [1.82, 2.24) is 0 Å². The predicted octanol–water partition coefficient (Wildman–Crippen LogP) is 3.23. The number of nitrogens with two attached hydrogens (primary N) is 1. The Morgan fingerprint density at radius 1 is 1.06 bits per heavy atom. The van der Waals surface area contributed by atoms with Crippen molar-refractivity contribution in [3.63, 3.8) is 0 Å². The number of aldehydes is 1. The van der Waals surface area contributed by atoms with E-state index in [0.717, 1.165) is 16.1 Å². The van der Waals surface area contributed by atoms with E-state index in [4.69, 9.17) is 5.73 Å². The molecule has 2 aromatic rings. The van der Waals surface area contributed by atoms with Crippen molar-refractivity contribution >= 4 is 23.7 Å². The van der Waals surface area contributed by atoms with Crippen LogP contribution in [0.3, 0.4) is 0 Å². The number of rotatable bonds is 3. The molecular formula is C13H11NOS. The number of carbonyl (C=O) groups is 1. The second-order valence-corrected chi connectivity index (χ2v) is 4.45. The molecule has 0 aromatic heterocycles. The summed E-state index contributed by atoms with van der Waals surface area (Å²) >= 11 is 1.59. The van der Waals surface area contributed by atoms with Gasteiger partial charge < -0.3 is 5.73 Å². The Balaban J connectivity index is 2.25. The monoisotopic (exact) mass is 229 g/mol. The van der Waals surface area contributed by atoms with Crippen LogP contribution < -0.4 is 5.73 Å². The van der Waals surface area contributed by atoms with Crippen molar-refractivity contribution in [2.75, 3.05) is 5.73 Å². The minimum atomic E-state index is 0.606. The fourth-order valence-corrected chi connectivity index (χ4v) is 2.21. The Morgan fingerprint density at radius 3 is 2.44 bits per heavy atom. The van der Waals surface area contributed by atoms with Crippen LogP contribution in [-0.2, 0) is 0 Å². The summed E-state index contributed by atoms with van der Waals surface area (Å²) in [5.74, 6) is 0. The van der Waals surface area contributed by atoms with Gasteiger partial charge in [-0.25, -0.2) is 0 Å². The van der Waals surface area contributed by atoms with Gasteiger partial charge in [0.2, 0.25) is 0 Å². The van der Waals surface area contributed by atoms with Crippen molar-refractivity contribution in [1.29, 1.82) is 0 Å². The van der Waals surface area contributed by atoms with Crippen LogP contribution in [0.4, 0.5) is 5.69 Å². The van der Waals surface area contributed by atoms with Crippen LogP contribution in [0.15, 0.2) is 58.3 Å². The molecule has 2 nitrogen and oxygen atoms in total. The minimum absolute atomic E-state index is 0.606. The summed E-state index contributed by atoms with van der Waals surface area (Å²) in [4.78, 5) is 12.7. The zero-order valence-electron chi connectivity index (χ0n) is 8.59. The van der Waals surface area contributed by atoms with Gasteiger partial charge in [-0.2, -0.15) is 0 Å². The lowest BCUT2D eigenvalue weighted by molar-refractivity contribution is 0.112. The van der Waals surface area contributed by atoms with Gasteiger partial charge in [0, 0.05) is 21.0 Å². The summed E-state index contributed by atoms with van der Waals surface area (Å²) in [5.41, 5.74) is 7.11. The highest BCUT2D eigenvalue weighted by Gasteiger charge is 2.02. The first kappa shape index (κ1) is 10.8. The van der Waals surface area contributed by atoms with Crippen molar-refractivity contribution in [3.05, 3.63) is 54.1 Å². The Morgan fingerprint density at radius 2 is 1.81 bits per heavy atom. The van der Waals surface area contributed by atoms with E-state index in [0.29, 0.717) is 11.3 Å². The molecular weight excluding hydrogens is 218 g/mol. The van der Waals surface area contributed by atoms with Crippen LogP contribution in [0.25, 0.3) is 0 Å². The number of carbonyl (C=O) groups excluding carboxylic acids is 1. The molecule has 2 aromatic carbocycles. The lowest BCUT2D eigenvalue weighted by Crippen LogP contribution is -1.90. The maximum absolute atomic E-state index is 10.6. The van der Waals surface area contributed by atoms with Gasteiger partial charge in [0.15, 0.2) is 0 Å². The highest BCUT2D eigenvalue weighted by molar-refractivity contribution is 7.99. The van der Waals surface area contributed by atoms with Gasteiger partial charge in [0.25, 0.3) is 0 Å². The molecule has 0 radical (unpaired) electrons. The lowest BCUT2D eigenvalue weighted by atomic mass is 10.2. The van der Waals surface area contributed by atoms with E-state index >= 15 is 0 Å². The zero-order valence-corrected chi connectivity index (χ0v) is 9.41. The molecule has 0 bridgehead atoms. The van der Waals surface area contributed by atoms with Crippen molar-refractivity contribution in [2.24, 2.45) is 0 Å². The molecule has 0 unspecified atom stereocenters. The molecule has 0 spiro atoms. The van der Waals surface area contributed by atoms with E-state index in [2.05, 4.69) is 0 Å². The molecule has 3 heteroatoms. The summed E-state index contributed by atoms with van der Waals surface area (Å²) in [7, 11) is 0. The van der Waals surface area contributed by atoms with Crippen LogP contribution in [0.1, 0.15) is 10.4 Å². The fraction of sp³-hybridized carbons (Fsp3) is 0. The van der Waals surface area contributed by atoms with Gasteiger partial charge in [0.05, 0.1) is 0 Å². The van der Waals surface area contributed by atoms with Crippen LogP contribution in [0.2, 0.25) is 0 Å². The topological polar surface area (TPSA) is 43.1 Å². The number of hydrogen-bond donors (Lipinski definition) is 1. The Kier molecular flexibility index (Phi) is 3.27. The molecule has 2 N–H and O–H groups in total. The summed E-state index contributed by atoms with van der Waals surface area (Å²) in [5, 5.41) is 0. The Hall–Kier alpha value is -1.74. The number of hydrogen-bond acceptors (Lipinski definition) is 3. The van der Waals surface area contributed by atoms with Gasteiger partial charge in [-0.15, -0.1) is 0 Å². The summed E-state index contributed by atoms with van der Waals surface area (Å²) in [6.07, 6.45) is 0.799. The molecule has 0 fully saturated rings. The van der Waals surface area contributed by atoms with Gasteiger partial charge >= 0.3 is 0 Å². The van der Waals surface area contributed by atoms with Gasteiger partial charge in [-0.1, -0.05) is 36.0 Å². The van der Waals surface area contributed by atoms with Gasteiger partial charge in [-0.3, -0.25) is 4.79 Å². The Labute approximate surface area is 98.5 Å². The smallest absolute Gasteiger partial charge is 0.150 e. The van der Waals surface area contributed by atoms with Crippen molar-refractivity contribution in [3.8, 4) is 0 Å². The highest BCUT2D eigenvalue weighted by atomic mass is 32.2. The molecule has 0 aliphatic carbocycles. The molecule has 0 heterocycles. The predicted molar refractivity (Wildman–Crippen MR) is 66.8 cm³/mol. The number of benzene rings is 2. The summed E-state index contributed by atoms with van der Waals surface area (Å²) < 4.78 is 0. The molecule has 16 heavy (non-hydrogen) atoms. The minimum Gasteiger partial charge on any atom is -0.398 e. The van der Waals surface area contributed by atoms with Crippen LogP contribution >= 0.6 is 11.8 Å². The number of nitrogen functional groups attached to an aromatic ring is 1. The van der Waals surface area contributed by atoms with E-state index in [1.807, 2.05) is 36.4 Å². The second kappa shape index (κ2) is 4.86. The third-order valence-corrected chi connectivity index (χ3v) is 3.24. The molecule has 0 aliphatic heterocycles. The maximum atomic E-state index is 10.6. The first-order valence-corrected chi connectivity index (χ1v) is 5.69. The van der Waals surface area contributed by atoms with E-state index in [9.17, 15) is 4.79 Å². The maximum Gasteiger partial charge on any atom is 0.150 e. The van der Waals surface area contributed by atoms with Crippen molar-refractivity contribution < 1.29 is 4.79 Å². The van der Waals surface area contributed by atoms with Crippen molar-refractivity contribution in [2.45, 2.75) is 9.79 Å². The van der Waals surface area contributed by atoms with Crippen LogP contribution in [0.5, 0.6) is 0 Å². The standard InChI is InChI=1S/C13H11NOS/c14-12-8-10(9-15)6-7-13(12)16-11-4-2-1-3-5-11/h1-9H,14H2. The average Bonchev–Trinajstić information content (AvgIpc) is 2.33. The third kappa shape index (κ3) is 2.44. The van der Waals surface area contributed by atoms with E-state index in [1.54, 1.807) is 23.9 Å². The highest BCUT2D eigenvalue weighted by Crippen LogP contribution is 2.31. The molecule has 0 saturated heterocycles. The quantitative estimate of drug-likeness (QED) is 0.649. The number of anilines is 1. The summed E-state index contributed by atoms with van der Waals surface area (Å²) in [6.45, 7) is 0. The molecule has 0 amide bonds. The molecule has 0 aliphatic rings. The SMILES string of the molecule is Nc1cc(C=O)ccc1Sc1ccccc1. The molecule has 2 rings (SSSR count). The normalized spacial score (nSPS) is 10.0. The zero-order chi connectivity index (χ0) is 11.4. The molecule has 80 valence electrons. The fourth-order valence-electron chi connectivity index (χ4n) is 1.35. The van der Waals surface area contributed by atoms with Gasteiger partial charge in [0.1, 0.15) is 6.29 Å². The van der Waals surface area contributed by atoms with E-state index in [-0.39, 0.29) is 0 Å². The van der Waals surface area contributed by atoms with Gasteiger partial charge in [-0.05, 0) is 24.3 Å². The first-order valence-electron chi connectivity index (χ1n) is 4.87. The average molecular weight is 229 g/mol. The largest absolute Gasteiger partial charge is 0.398 e. The van der Waals surface area contributed by atoms with E-state index in [1.165, 1.54) is 0 Å². The van der Waals surface area contributed by atoms with Crippen LogP contribution in [0, 0.1) is 0 Å². The second-order valence-electron chi connectivity index (χ2n) is 3.33. The molecule has 0 saturated carbocycles. The molecule has 0 atom stereocenters. The summed E-state index contributed by atoms with van der Waals surface area (Å²) in [6, 6.07) is 15.3. The van der Waals surface area contributed by atoms with Crippen LogP contribution in [-0.4, -0.2) is 6.29 Å².